The van der Waals surface area contributed by atoms with Gasteiger partial charge in [-0.15, -0.1) is 0 Å². The first kappa shape index (κ1) is 22.2. The number of carbonyl (C=O) groups excluding carboxylic acids is 3. The van der Waals surface area contributed by atoms with Crippen LogP contribution in [-0.4, -0.2) is 23.8 Å². The van der Waals surface area contributed by atoms with Crippen LogP contribution >= 0.6 is 11.8 Å². The van der Waals surface area contributed by atoms with Gasteiger partial charge in [0.05, 0.1) is 17.5 Å². The number of anilines is 3. The van der Waals surface area contributed by atoms with Crippen LogP contribution in [0.1, 0.15) is 44.1 Å². The molecule has 0 bridgehead atoms. The van der Waals surface area contributed by atoms with Gasteiger partial charge in [-0.05, 0) is 79.6 Å². The van der Waals surface area contributed by atoms with Gasteiger partial charge in [0.25, 0.3) is 17.7 Å². The minimum Gasteiger partial charge on any atom is -0.459 e. The van der Waals surface area contributed by atoms with Gasteiger partial charge in [0.2, 0.25) is 0 Å². The monoisotopic (exact) mass is 495 g/mol. The van der Waals surface area contributed by atoms with E-state index in [4.69, 9.17) is 4.42 Å². The lowest BCUT2D eigenvalue weighted by atomic mass is 10.1. The molecule has 1 aliphatic carbocycles. The Morgan fingerprint density at radius 2 is 1.58 bits per heavy atom. The van der Waals surface area contributed by atoms with Crippen LogP contribution in [0.25, 0.3) is 0 Å². The molecule has 1 fully saturated rings. The lowest BCUT2D eigenvalue weighted by Crippen LogP contribution is -2.32. The smallest absolute Gasteiger partial charge is 0.291 e. The maximum absolute atomic E-state index is 13.3. The first-order chi connectivity index (χ1) is 17.6. The average Bonchev–Trinajstić information content (AvgIpc) is 3.58. The van der Waals surface area contributed by atoms with Crippen molar-refractivity contribution in [1.82, 2.24) is 0 Å². The molecule has 0 atom stereocenters. The van der Waals surface area contributed by atoms with E-state index in [-0.39, 0.29) is 29.5 Å². The maximum Gasteiger partial charge on any atom is 0.291 e. The normalized spacial score (nSPS) is 14.4. The van der Waals surface area contributed by atoms with Crippen molar-refractivity contribution >= 4 is 46.5 Å². The van der Waals surface area contributed by atoms with Gasteiger partial charge in [0.1, 0.15) is 0 Å². The predicted molar refractivity (Wildman–Crippen MR) is 138 cm³/mol. The lowest BCUT2D eigenvalue weighted by Gasteiger charge is -2.23. The van der Waals surface area contributed by atoms with Gasteiger partial charge in [-0.3, -0.25) is 14.4 Å². The maximum atomic E-state index is 13.3. The largest absolute Gasteiger partial charge is 0.459 e. The summed E-state index contributed by atoms with van der Waals surface area (Å²) in [5.74, 6) is -0.397. The number of hydrogen-bond acceptors (Lipinski definition) is 5. The summed E-state index contributed by atoms with van der Waals surface area (Å²) in [4.78, 5) is 42.1. The molecule has 2 heterocycles. The fraction of sp³-hybridized carbons (Fsp3) is 0.107. The fourth-order valence-corrected chi connectivity index (χ4v) is 5.27. The molecular formula is C28H21N3O4S. The van der Waals surface area contributed by atoms with E-state index >= 15 is 0 Å². The molecule has 0 saturated heterocycles. The van der Waals surface area contributed by atoms with Crippen molar-refractivity contribution in [2.24, 2.45) is 0 Å². The standard InChI is InChI=1S/C28H21N3O4S/c32-26(17-7-9-18(10-8-17)29-27(33)23-5-3-15-35-23)30-19-11-14-22-25(16-19)36-24-6-2-1-4-21(24)28(34)31(22)20-12-13-20/h1-11,14-16,20H,12-13H2,(H,29,33)(H,30,32). The number of nitrogens with one attached hydrogen (secondary N) is 2. The van der Waals surface area contributed by atoms with Crippen LogP contribution in [0, 0.1) is 0 Å². The Balaban J connectivity index is 1.21. The molecule has 1 saturated carbocycles. The highest BCUT2D eigenvalue weighted by atomic mass is 32.2. The van der Waals surface area contributed by atoms with Crippen molar-refractivity contribution in [3.63, 3.8) is 0 Å². The molecule has 8 heteroatoms. The van der Waals surface area contributed by atoms with Gasteiger partial charge in [0.15, 0.2) is 5.76 Å². The van der Waals surface area contributed by atoms with Gasteiger partial charge in [-0.1, -0.05) is 23.9 Å². The average molecular weight is 496 g/mol. The number of fused-ring (bicyclic) bond motifs is 2. The van der Waals surface area contributed by atoms with Crippen LogP contribution in [0.4, 0.5) is 17.1 Å². The zero-order chi connectivity index (χ0) is 24.6. The molecular weight excluding hydrogens is 474 g/mol. The van der Waals surface area contributed by atoms with E-state index in [1.165, 1.54) is 18.0 Å². The summed E-state index contributed by atoms with van der Waals surface area (Å²) < 4.78 is 5.09. The molecule has 3 amide bonds. The van der Waals surface area contributed by atoms with Crippen LogP contribution in [0.2, 0.25) is 0 Å². The molecule has 36 heavy (non-hydrogen) atoms. The fourth-order valence-electron chi connectivity index (χ4n) is 4.17. The second kappa shape index (κ2) is 9.05. The number of rotatable bonds is 5. The third kappa shape index (κ3) is 4.27. The third-order valence-corrected chi connectivity index (χ3v) is 7.22. The quantitative estimate of drug-likeness (QED) is 0.351. The highest BCUT2D eigenvalue weighted by Gasteiger charge is 2.38. The highest BCUT2D eigenvalue weighted by Crippen LogP contribution is 2.46. The third-order valence-electron chi connectivity index (χ3n) is 6.10. The van der Waals surface area contributed by atoms with Crippen LogP contribution in [-0.2, 0) is 0 Å². The van der Waals surface area contributed by atoms with Crippen molar-refractivity contribution < 1.29 is 18.8 Å². The van der Waals surface area contributed by atoms with Gasteiger partial charge >= 0.3 is 0 Å². The van der Waals surface area contributed by atoms with E-state index in [2.05, 4.69) is 10.6 Å². The number of hydrogen-bond donors (Lipinski definition) is 2. The Bertz CT molecular complexity index is 1480. The number of carbonyl (C=O) groups is 3. The number of nitrogens with zero attached hydrogens (tertiary/aromatic N) is 1. The van der Waals surface area contributed by atoms with Crippen LogP contribution in [0.15, 0.2) is 99.3 Å². The van der Waals surface area contributed by atoms with E-state index in [9.17, 15) is 14.4 Å². The number of furan rings is 1. The molecule has 2 aliphatic rings. The van der Waals surface area contributed by atoms with Crippen molar-refractivity contribution in [1.29, 1.82) is 0 Å². The van der Waals surface area contributed by atoms with Crippen LogP contribution < -0.4 is 15.5 Å². The Morgan fingerprint density at radius 1 is 0.833 bits per heavy atom. The molecule has 7 nitrogen and oxygen atoms in total. The predicted octanol–water partition coefficient (Wildman–Crippen LogP) is 6.06. The van der Waals surface area contributed by atoms with E-state index in [0.717, 1.165) is 28.3 Å². The zero-order valence-corrected chi connectivity index (χ0v) is 19.9. The lowest BCUT2D eigenvalue weighted by molar-refractivity contribution is 0.0978. The van der Waals surface area contributed by atoms with Crippen molar-refractivity contribution in [3.05, 3.63) is 102 Å². The summed E-state index contributed by atoms with van der Waals surface area (Å²) in [6.45, 7) is 0. The zero-order valence-electron chi connectivity index (χ0n) is 19.1. The molecule has 178 valence electrons. The van der Waals surface area contributed by atoms with E-state index in [0.29, 0.717) is 22.5 Å². The SMILES string of the molecule is O=C(Nc1ccc2c(c1)Sc1ccccc1C(=O)N2C1CC1)c1ccc(NC(=O)c2ccco2)cc1. The Hall–Kier alpha value is -4.30. The van der Waals surface area contributed by atoms with E-state index in [1.807, 2.05) is 47.4 Å². The van der Waals surface area contributed by atoms with Gasteiger partial charge in [-0.2, -0.15) is 0 Å². The highest BCUT2D eigenvalue weighted by molar-refractivity contribution is 7.99. The number of amides is 3. The topological polar surface area (TPSA) is 91.7 Å². The van der Waals surface area contributed by atoms with Crippen LogP contribution in [0.3, 0.4) is 0 Å². The second-order valence-electron chi connectivity index (χ2n) is 8.65. The molecule has 1 aliphatic heterocycles. The van der Waals surface area contributed by atoms with Crippen molar-refractivity contribution in [2.75, 3.05) is 15.5 Å². The van der Waals surface area contributed by atoms with Gasteiger partial charge in [0, 0.05) is 32.8 Å². The minimum absolute atomic E-state index is 0.0235. The Labute approximate surface area is 211 Å². The summed E-state index contributed by atoms with van der Waals surface area (Å²) in [6, 6.07) is 23.4. The van der Waals surface area contributed by atoms with E-state index in [1.54, 1.807) is 36.4 Å². The Morgan fingerprint density at radius 3 is 2.33 bits per heavy atom. The molecule has 4 aromatic rings. The molecule has 0 spiro atoms. The minimum atomic E-state index is -0.361. The first-order valence-electron chi connectivity index (χ1n) is 11.6. The number of benzene rings is 3. The Kier molecular flexibility index (Phi) is 5.58. The van der Waals surface area contributed by atoms with Gasteiger partial charge in [-0.25, -0.2) is 0 Å². The molecule has 2 N–H and O–H groups in total. The van der Waals surface area contributed by atoms with Crippen LogP contribution in [0.5, 0.6) is 0 Å². The molecule has 0 radical (unpaired) electrons. The molecule has 3 aromatic carbocycles. The first-order valence-corrected chi connectivity index (χ1v) is 12.4. The second-order valence-corrected chi connectivity index (χ2v) is 9.73. The molecule has 1 aromatic heterocycles. The van der Waals surface area contributed by atoms with Gasteiger partial charge < -0.3 is 20.0 Å². The summed E-state index contributed by atoms with van der Waals surface area (Å²) >= 11 is 1.54. The van der Waals surface area contributed by atoms with Crippen molar-refractivity contribution in [2.45, 2.75) is 28.7 Å². The summed E-state index contributed by atoms with van der Waals surface area (Å²) in [7, 11) is 0. The van der Waals surface area contributed by atoms with Crippen molar-refractivity contribution in [3.8, 4) is 0 Å². The molecule has 6 rings (SSSR count). The van der Waals surface area contributed by atoms with E-state index < -0.39 is 0 Å². The summed E-state index contributed by atoms with van der Waals surface area (Å²) in [5.41, 5.74) is 3.23. The summed E-state index contributed by atoms with van der Waals surface area (Å²) in [5, 5.41) is 5.68. The molecule has 0 unspecified atom stereocenters. The summed E-state index contributed by atoms with van der Waals surface area (Å²) in [6.07, 6.45) is 3.42.